The summed E-state index contributed by atoms with van der Waals surface area (Å²) in [5.74, 6) is -1.63. The van der Waals surface area contributed by atoms with Gasteiger partial charge in [-0.25, -0.2) is 4.79 Å². The van der Waals surface area contributed by atoms with Gasteiger partial charge in [0.2, 0.25) is 0 Å². The number of amides is 1. The van der Waals surface area contributed by atoms with E-state index < -0.39 is 52.6 Å². The van der Waals surface area contributed by atoms with E-state index in [1.807, 2.05) is 0 Å². The van der Waals surface area contributed by atoms with E-state index in [0.717, 1.165) is 0 Å². The van der Waals surface area contributed by atoms with Crippen molar-refractivity contribution >= 4 is 53.2 Å². The van der Waals surface area contributed by atoms with E-state index in [0.29, 0.717) is 0 Å². The van der Waals surface area contributed by atoms with Crippen molar-refractivity contribution in [3.05, 3.63) is 0 Å². The second-order valence-electron chi connectivity index (χ2n) is 7.47. The lowest BCUT2D eigenvalue weighted by Gasteiger charge is -2.66. The third kappa shape index (κ3) is 3.94. The number of ether oxygens (including phenoxy) is 1. The number of rotatable bonds is 1. The molecular formula is C12H12B6F6N2O2. The molecule has 1 unspecified atom stereocenters. The lowest BCUT2D eigenvalue weighted by atomic mass is 9.35. The first-order chi connectivity index (χ1) is 12.0. The molecule has 4 nitrogen and oxygen atoms in total. The number of hydrogen-bond acceptors (Lipinski definition) is 3. The summed E-state index contributed by atoms with van der Waals surface area (Å²) in [7, 11) is 33.3. The Hall–Kier alpha value is -0.800. The quantitative estimate of drug-likeness (QED) is 0.463. The summed E-state index contributed by atoms with van der Waals surface area (Å²) in [6, 6.07) is 0. The summed E-state index contributed by atoms with van der Waals surface area (Å²) < 4.78 is 80.9. The Morgan fingerprint density at radius 1 is 0.964 bits per heavy atom. The van der Waals surface area contributed by atoms with Crippen LogP contribution < -0.4 is 0 Å². The van der Waals surface area contributed by atoms with E-state index in [2.05, 4.69) is 12.6 Å². The topological polar surface area (TPSA) is 32.8 Å². The number of carbonyl (C=O) groups is 1. The fraction of sp³-hybridized carbons (Fsp3) is 0.917. The molecule has 0 N–H and O–H groups in total. The van der Waals surface area contributed by atoms with E-state index >= 15 is 0 Å². The van der Waals surface area contributed by atoms with Gasteiger partial charge in [0.1, 0.15) is 7.85 Å². The van der Waals surface area contributed by atoms with Crippen LogP contribution in [0.3, 0.4) is 0 Å². The number of alkyl halides is 6. The molecule has 1 saturated heterocycles. The predicted octanol–water partition coefficient (Wildman–Crippen LogP) is 0.00470. The Kier molecular flexibility index (Phi) is 6.19. The largest absolute Gasteiger partial charge is 0.434 e. The van der Waals surface area contributed by atoms with Crippen molar-refractivity contribution in [3.63, 3.8) is 0 Å². The lowest BCUT2D eigenvalue weighted by molar-refractivity contribution is -0.331. The Morgan fingerprint density at radius 2 is 1.36 bits per heavy atom. The standard InChI is InChI=1S/C12H12B6F6N2O2/c1-7(2,3)25-4-5(13)26(10(17,18)9(25,15)16)6(27)28-8(14,11(19,20)21)12(22,23)24/h5H,4H2,1-3H3. The van der Waals surface area contributed by atoms with Crippen molar-refractivity contribution < 1.29 is 35.9 Å². The summed E-state index contributed by atoms with van der Waals surface area (Å²) in [5.41, 5.74) is -6.20. The van der Waals surface area contributed by atoms with Crippen LogP contribution in [-0.2, 0) is 4.74 Å². The molecule has 12 radical (unpaired) electrons. The second kappa shape index (κ2) is 6.87. The molecule has 1 heterocycles. The molecule has 16 heteroatoms. The van der Waals surface area contributed by atoms with Gasteiger partial charge in [-0.2, -0.15) is 26.3 Å². The van der Waals surface area contributed by atoms with Crippen LogP contribution in [0.4, 0.5) is 31.1 Å². The molecule has 142 valence electrons. The van der Waals surface area contributed by atoms with Gasteiger partial charge in [0, 0.05) is 18.0 Å². The van der Waals surface area contributed by atoms with Crippen LogP contribution in [0.5, 0.6) is 0 Å². The SMILES string of the molecule is [B]C1CN(C(C)(C)C)C([B])([B])C([B])([B])N1C(=O)OC([B])(C(F)(F)F)C(F)(F)F. The first-order valence-corrected chi connectivity index (χ1v) is 7.65. The van der Waals surface area contributed by atoms with Crippen LogP contribution in [0, 0.1) is 0 Å². The summed E-state index contributed by atoms with van der Waals surface area (Å²) in [4.78, 5) is 13.5. The second-order valence-corrected chi connectivity index (χ2v) is 7.47. The molecule has 1 aliphatic rings. The molecule has 0 aromatic rings. The average molecular weight is 395 g/mol. The first-order valence-electron chi connectivity index (χ1n) is 7.65. The van der Waals surface area contributed by atoms with Gasteiger partial charge in [0.05, 0.1) is 31.4 Å². The number of piperazine rings is 1. The summed E-state index contributed by atoms with van der Waals surface area (Å²) in [5, 5.41) is -5.07. The predicted molar refractivity (Wildman–Crippen MR) is 93.4 cm³/mol. The van der Waals surface area contributed by atoms with Crippen molar-refractivity contribution in [2.45, 2.75) is 60.8 Å². The van der Waals surface area contributed by atoms with Crippen LogP contribution >= 0.6 is 0 Å². The van der Waals surface area contributed by atoms with Crippen molar-refractivity contribution in [3.8, 4) is 0 Å². The normalized spacial score (nSPS) is 24.0. The average Bonchev–Trinajstić information content (AvgIpc) is 2.39. The van der Waals surface area contributed by atoms with Gasteiger partial charge in [-0.3, -0.25) is 0 Å². The molecule has 1 rings (SSSR count). The highest BCUT2D eigenvalue weighted by Crippen LogP contribution is 2.45. The maximum Gasteiger partial charge on any atom is 0.427 e. The zero-order valence-electron chi connectivity index (χ0n) is 15.2. The molecule has 0 aliphatic carbocycles. The fourth-order valence-corrected chi connectivity index (χ4v) is 2.68. The van der Waals surface area contributed by atoms with E-state index in [-0.39, 0.29) is 4.90 Å². The highest BCUT2D eigenvalue weighted by molar-refractivity contribution is 6.55. The zero-order chi connectivity index (χ0) is 22.7. The first kappa shape index (κ1) is 25.2. The molecule has 1 atom stereocenters. The zero-order valence-corrected chi connectivity index (χ0v) is 15.2. The maximum atomic E-state index is 12.9. The minimum atomic E-state index is -6.22. The van der Waals surface area contributed by atoms with E-state index in [1.165, 1.54) is 4.90 Å². The number of nitrogens with zero attached hydrogens (tertiary/aromatic N) is 2. The summed E-state index contributed by atoms with van der Waals surface area (Å²) in [6.45, 7) is 4.42. The maximum absolute atomic E-state index is 12.9. The third-order valence-electron chi connectivity index (χ3n) is 4.29. The van der Waals surface area contributed by atoms with E-state index in [9.17, 15) is 31.1 Å². The fourth-order valence-electron chi connectivity index (χ4n) is 2.68. The molecule has 0 aromatic carbocycles. The van der Waals surface area contributed by atoms with Crippen LogP contribution in [0.25, 0.3) is 0 Å². The highest BCUT2D eigenvalue weighted by Gasteiger charge is 2.71. The third-order valence-corrected chi connectivity index (χ3v) is 4.29. The Bertz CT molecular complexity index is 607. The van der Waals surface area contributed by atoms with Crippen molar-refractivity contribution in [2.75, 3.05) is 6.54 Å². The van der Waals surface area contributed by atoms with Crippen LogP contribution in [0.15, 0.2) is 0 Å². The van der Waals surface area contributed by atoms with Gasteiger partial charge in [-0.1, -0.05) is 0 Å². The molecule has 0 bridgehead atoms. The van der Waals surface area contributed by atoms with Gasteiger partial charge in [-0.15, -0.1) is 0 Å². The molecule has 1 fully saturated rings. The molecule has 1 aliphatic heterocycles. The van der Waals surface area contributed by atoms with E-state index in [1.54, 1.807) is 20.8 Å². The number of halogens is 6. The Balaban J connectivity index is 3.38. The smallest absolute Gasteiger partial charge is 0.427 e. The van der Waals surface area contributed by atoms with Crippen molar-refractivity contribution in [1.29, 1.82) is 0 Å². The van der Waals surface area contributed by atoms with Gasteiger partial charge >= 0.3 is 18.4 Å². The Labute approximate surface area is 166 Å². The van der Waals surface area contributed by atoms with Crippen LogP contribution in [0.1, 0.15) is 20.8 Å². The van der Waals surface area contributed by atoms with E-state index in [4.69, 9.17) is 39.2 Å². The Morgan fingerprint density at radius 3 is 1.68 bits per heavy atom. The van der Waals surface area contributed by atoms with Crippen LogP contribution in [-0.4, -0.2) is 110 Å². The molecule has 0 saturated carbocycles. The van der Waals surface area contributed by atoms with Gasteiger partial charge in [-0.05, 0) is 31.4 Å². The molecular weight excluding hydrogens is 383 g/mol. The molecule has 28 heavy (non-hydrogen) atoms. The minimum Gasteiger partial charge on any atom is -0.434 e. The van der Waals surface area contributed by atoms with Crippen molar-refractivity contribution in [1.82, 2.24) is 9.80 Å². The molecule has 0 spiro atoms. The summed E-state index contributed by atoms with van der Waals surface area (Å²) >= 11 is 0. The van der Waals surface area contributed by atoms with Gasteiger partial charge < -0.3 is 14.5 Å². The monoisotopic (exact) mass is 396 g/mol. The molecule has 1 amide bonds. The molecule has 0 aromatic heterocycles. The van der Waals surface area contributed by atoms with Gasteiger partial charge in [0.25, 0.3) is 5.50 Å². The lowest BCUT2D eigenvalue weighted by Crippen LogP contribution is -2.83. The van der Waals surface area contributed by atoms with Crippen LogP contribution in [0.2, 0.25) is 0 Å². The van der Waals surface area contributed by atoms with Gasteiger partial charge in [0.15, 0.2) is 7.85 Å². The summed E-state index contributed by atoms with van der Waals surface area (Å²) in [6.07, 6.45) is -14.7. The highest BCUT2D eigenvalue weighted by atomic mass is 19.4. The number of hydrogen-bond donors (Lipinski definition) is 0. The number of carbonyl (C=O) groups excluding carboxylic acids is 1. The van der Waals surface area contributed by atoms with Crippen molar-refractivity contribution in [2.24, 2.45) is 0 Å². The minimum absolute atomic E-state index is 0.00563.